The summed E-state index contributed by atoms with van der Waals surface area (Å²) in [6.45, 7) is 4.19. The van der Waals surface area contributed by atoms with Gasteiger partial charge < -0.3 is 26.3 Å². The van der Waals surface area contributed by atoms with Gasteiger partial charge in [-0.25, -0.2) is 4.99 Å². The predicted molar refractivity (Wildman–Crippen MR) is 85.9 cm³/mol. The zero-order valence-electron chi connectivity index (χ0n) is 13.5. The molecular formula is C15H24N4O3. The highest BCUT2D eigenvalue weighted by Gasteiger charge is 2.24. The lowest BCUT2D eigenvalue weighted by molar-refractivity contribution is -0.125. The number of rotatable bonds is 7. The minimum Gasteiger partial charge on any atom is -0.493 e. The molecule has 0 aliphatic heterocycles. The van der Waals surface area contributed by atoms with Gasteiger partial charge in [-0.15, -0.1) is 0 Å². The lowest BCUT2D eigenvalue weighted by Crippen LogP contribution is -2.44. The van der Waals surface area contributed by atoms with Gasteiger partial charge in [0.1, 0.15) is 0 Å². The van der Waals surface area contributed by atoms with Crippen LogP contribution in [0.15, 0.2) is 23.2 Å². The molecule has 22 heavy (non-hydrogen) atoms. The molecule has 1 amide bonds. The molecule has 7 nitrogen and oxygen atoms in total. The monoisotopic (exact) mass is 308 g/mol. The van der Waals surface area contributed by atoms with Gasteiger partial charge >= 0.3 is 0 Å². The summed E-state index contributed by atoms with van der Waals surface area (Å²) in [6, 6.07) is 5.53. The summed E-state index contributed by atoms with van der Waals surface area (Å²) in [5, 5.41) is 2.90. The van der Waals surface area contributed by atoms with Crippen molar-refractivity contribution in [3.8, 4) is 11.5 Å². The number of amides is 1. The second-order valence-electron chi connectivity index (χ2n) is 5.49. The third-order valence-corrected chi connectivity index (χ3v) is 3.26. The molecular weight excluding hydrogens is 284 g/mol. The normalized spacial score (nSPS) is 11.9. The van der Waals surface area contributed by atoms with Crippen LogP contribution in [0, 0.1) is 5.41 Å². The number of benzene rings is 1. The zero-order chi connectivity index (χ0) is 16.8. The standard InChI is InChI=1S/C15H24N4O3/c1-15(2,13(16)20)9-19-14(17)18-8-10-5-6-11(21-3)12(7-10)22-4/h5-7H,8-9H2,1-4H3,(H2,16,20)(H3,17,18,19). The van der Waals surface area contributed by atoms with E-state index in [9.17, 15) is 4.79 Å². The number of carbonyl (C=O) groups is 1. The number of nitrogens with one attached hydrogen (secondary N) is 1. The van der Waals surface area contributed by atoms with Crippen molar-refractivity contribution in [2.45, 2.75) is 20.4 Å². The van der Waals surface area contributed by atoms with Gasteiger partial charge in [0.15, 0.2) is 17.5 Å². The summed E-state index contributed by atoms with van der Waals surface area (Å²) < 4.78 is 10.4. The van der Waals surface area contributed by atoms with Crippen LogP contribution in [-0.4, -0.2) is 32.6 Å². The molecule has 0 fully saturated rings. The summed E-state index contributed by atoms with van der Waals surface area (Å²) in [5.74, 6) is 1.15. The van der Waals surface area contributed by atoms with Crippen LogP contribution in [0.4, 0.5) is 0 Å². The highest BCUT2D eigenvalue weighted by Crippen LogP contribution is 2.27. The average molecular weight is 308 g/mol. The summed E-state index contributed by atoms with van der Waals surface area (Å²) in [5.41, 5.74) is 11.3. The van der Waals surface area contributed by atoms with Crippen molar-refractivity contribution in [3.63, 3.8) is 0 Å². The topological polar surface area (TPSA) is 112 Å². The Bertz CT molecular complexity index is 556. The van der Waals surface area contributed by atoms with E-state index >= 15 is 0 Å². The number of primary amides is 1. The average Bonchev–Trinajstić information content (AvgIpc) is 2.50. The molecule has 0 aromatic heterocycles. The number of guanidine groups is 1. The molecule has 0 unspecified atom stereocenters. The second kappa shape index (κ2) is 7.53. The Morgan fingerprint density at radius 1 is 1.23 bits per heavy atom. The molecule has 0 atom stereocenters. The Morgan fingerprint density at radius 2 is 1.86 bits per heavy atom. The summed E-state index contributed by atoms with van der Waals surface area (Å²) in [6.07, 6.45) is 0. The second-order valence-corrected chi connectivity index (χ2v) is 5.49. The van der Waals surface area contributed by atoms with E-state index < -0.39 is 11.3 Å². The van der Waals surface area contributed by atoms with Crippen LogP contribution in [0.2, 0.25) is 0 Å². The Morgan fingerprint density at radius 3 is 2.41 bits per heavy atom. The van der Waals surface area contributed by atoms with Crippen molar-refractivity contribution in [2.75, 3.05) is 20.8 Å². The van der Waals surface area contributed by atoms with Gasteiger partial charge in [0.25, 0.3) is 0 Å². The molecule has 1 rings (SSSR count). The molecule has 0 heterocycles. The highest BCUT2D eigenvalue weighted by atomic mass is 16.5. The molecule has 1 aromatic rings. The molecule has 0 spiro atoms. The smallest absolute Gasteiger partial charge is 0.224 e. The molecule has 7 heteroatoms. The van der Waals surface area contributed by atoms with Gasteiger partial charge in [0, 0.05) is 6.54 Å². The fraction of sp³-hybridized carbons (Fsp3) is 0.467. The number of nitrogens with zero attached hydrogens (tertiary/aromatic N) is 1. The van der Waals surface area contributed by atoms with Crippen molar-refractivity contribution in [1.29, 1.82) is 0 Å². The van der Waals surface area contributed by atoms with E-state index in [2.05, 4.69) is 10.3 Å². The van der Waals surface area contributed by atoms with E-state index in [4.69, 9.17) is 20.9 Å². The van der Waals surface area contributed by atoms with Crippen molar-refractivity contribution in [2.24, 2.45) is 21.9 Å². The molecule has 0 aliphatic carbocycles. The number of ether oxygens (including phenoxy) is 2. The SMILES string of the molecule is COc1ccc(CN=C(N)NCC(C)(C)C(N)=O)cc1OC. The first-order valence-electron chi connectivity index (χ1n) is 6.84. The lowest BCUT2D eigenvalue weighted by atomic mass is 9.93. The first kappa shape index (κ1) is 17.6. The Hall–Kier alpha value is -2.44. The third kappa shape index (κ3) is 4.83. The van der Waals surface area contributed by atoms with E-state index in [1.165, 1.54) is 0 Å². The maximum absolute atomic E-state index is 11.2. The Kier molecular flexibility index (Phi) is 6.03. The van der Waals surface area contributed by atoms with Crippen LogP contribution < -0.4 is 26.3 Å². The minimum absolute atomic E-state index is 0.254. The van der Waals surface area contributed by atoms with Crippen LogP contribution in [0.5, 0.6) is 11.5 Å². The van der Waals surface area contributed by atoms with Crippen LogP contribution in [0.3, 0.4) is 0 Å². The number of hydrogen-bond acceptors (Lipinski definition) is 4. The maximum Gasteiger partial charge on any atom is 0.224 e. The Labute approximate surface area is 130 Å². The van der Waals surface area contributed by atoms with E-state index in [0.29, 0.717) is 24.6 Å². The predicted octanol–water partition coefficient (Wildman–Crippen LogP) is 0.620. The zero-order valence-corrected chi connectivity index (χ0v) is 13.5. The number of nitrogens with two attached hydrogens (primary N) is 2. The molecule has 0 bridgehead atoms. The summed E-state index contributed by atoms with van der Waals surface area (Å²) in [4.78, 5) is 15.4. The molecule has 1 aromatic carbocycles. The van der Waals surface area contributed by atoms with Crippen molar-refractivity contribution in [3.05, 3.63) is 23.8 Å². The van der Waals surface area contributed by atoms with Crippen LogP contribution in [0.25, 0.3) is 0 Å². The fourth-order valence-electron chi connectivity index (χ4n) is 1.61. The van der Waals surface area contributed by atoms with Gasteiger partial charge in [-0.2, -0.15) is 0 Å². The van der Waals surface area contributed by atoms with Crippen molar-refractivity contribution >= 4 is 11.9 Å². The summed E-state index contributed by atoms with van der Waals surface area (Å²) in [7, 11) is 3.16. The van der Waals surface area contributed by atoms with E-state index in [1.807, 2.05) is 18.2 Å². The lowest BCUT2D eigenvalue weighted by Gasteiger charge is -2.20. The molecule has 5 N–H and O–H groups in total. The van der Waals surface area contributed by atoms with Crippen LogP contribution in [0.1, 0.15) is 19.4 Å². The van der Waals surface area contributed by atoms with Gasteiger partial charge in [-0.3, -0.25) is 4.79 Å². The van der Waals surface area contributed by atoms with E-state index in [1.54, 1.807) is 28.1 Å². The number of aliphatic imine (C=N–C) groups is 1. The first-order chi connectivity index (χ1) is 10.3. The largest absolute Gasteiger partial charge is 0.493 e. The number of carbonyl (C=O) groups excluding carboxylic acids is 1. The molecule has 0 saturated carbocycles. The Balaban J connectivity index is 2.66. The molecule has 122 valence electrons. The first-order valence-corrected chi connectivity index (χ1v) is 6.84. The van der Waals surface area contributed by atoms with Crippen LogP contribution in [-0.2, 0) is 11.3 Å². The molecule has 0 aliphatic rings. The minimum atomic E-state index is -0.691. The van der Waals surface area contributed by atoms with Crippen molar-refractivity contribution in [1.82, 2.24) is 5.32 Å². The van der Waals surface area contributed by atoms with Gasteiger partial charge in [-0.1, -0.05) is 6.07 Å². The fourth-order valence-corrected chi connectivity index (χ4v) is 1.61. The van der Waals surface area contributed by atoms with Gasteiger partial charge in [0.2, 0.25) is 5.91 Å². The van der Waals surface area contributed by atoms with Crippen LogP contribution >= 0.6 is 0 Å². The number of methoxy groups -OCH3 is 2. The summed E-state index contributed by atoms with van der Waals surface area (Å²) >= 11 is 0. The highest BCUT2D eigenvalue weighted by molar-refractivity contribution is 5.82. The quantitative estimate of drug-likeness (QED) is 0.505. The molecule has 0 saturated heterocycles. The third-order valence-electron chi connectivity index (χ3n) is 3.26. The van der Waals surface area contributed by atoms with Crippen molar-refractivity contribution < 1.29 is 14.3 Å². The number of hydrogen-bond donors (Lipinski definition) is 3. The van der Waals surface area contributed by atoms with Gasteiger partial charge in [0.05, 0.1) is 26.2 Å². The molecule has 0 radical (unpaired) electrons. The maximum atomic E-state index is 11.2. The van der Waals surface area contributed by atoms with Gasteiger partial charge in [-0.05, 0) is 31.5 Å². The van der Waals surface area contributed by atoms with E-state index in [0.717, 1.165) is 5.56 Å². The van der Waals surface area contributed by atoms with E-state index in [-0.39, 0.29) is 5.96 Å².